The molecule has 1 aromatic heterocycles. The molecule has 0 saturated heterocycles. The van der Waals surface area contributed by atoms with E-state index in [1.54, 1.807) is 0 Å². The van der Waals surface area contributed by atoms with Crippen LogP contribution < -0.4 is 21.3 Å². The Labute approximate surface area is 126 Å². The number of nitrogens with one attached hydrogen (secondary N) is 2. The molecule has 1 fully saturated rings. The Kier molecular flexibility index (Phi) is 5.98. The van der Waals surface area contributed by atoms with Gasteiger partial charge in [-0.1, -0.05) is 19.8 Å². The Morgan fingerprint density at radius 2 is 1.81 bits per heavy atom. The third-order valence-corrected chi connectivity index (χ3v) is 3.89. The molecule has 1 aliphatic carbocycles. The van der Waals surface area contributed by atoms with Crippen LogP contribution in [0.25, 0.3) is 0 Å². The van der Waals surface area contributed by atoms with Crippen LogP contribution in [-0.2, 0) is 0 Å². The molecule has 0 spiro atoms. The van der Waals surface area contributed by atoms with Gasteiger partial charge in [-0.25, -0.2) is 5.84 Å². The first-order valence-corrected chi connectivity index (χ1v) is 7.87. The van der Waals surface area contributed by atoms with Gasteiger partial charge in [-0.3, -0.25) is 5.43 Å². The Bertz CT molecular complexity index is 433. The number of hydrazine groups is 1. The molecule has 0 bridgehead atoms. The summed E-state index contributed by atoms with van der Waals surface area (Å²) in [6.07, 6.45) is 7.49. The van der Waals surface area contributed by atoms with Crippen molar-refractivity contribution in [3.8, 4) is 6.01 Å². The van der Waals surface area contributed by atoms with Gasteiger partial charge < -0.3 is 10.1 Å². The number of nitrogens with zero attached hydrogens (tertiary/aromatic N) is 3. The Balaban J connectivity index is 1.94. The summed E-state index contributed by atoms with van der Waals surface area (Å²) in [5, 5.41) is 3.38. The first-order chi connectivity index (χ1) is 10.2. The fourth-order valence-electron chi connectivity index (χ4n) is 2.87. The normalized spacial score (nSPS) is 21.9. The van der Waals surface area contributed by atoms with Crippen LogP contribution in [0.5, 0.6) is 6.01 Å². The minimum atomic E-state index is 0.294. The molecule has 1 aromatic rings. The molecule has 118 valence electrons. The van der Waals surface area contributed by atoms with Crippen molar-refractivity contribution in [3.63, 3.8) is 0 Å². The van der Waals surface area contributed by atoms with E-state index in [1.165, 1.54) is 25.7 Å². The van der Waals surface area contributed by atoms with Crippen LogP contribution in [0.4, 0.5) is 11.9 Å². The van der Waals surface area contributed by atoms with Gasteiger partial charge in [-0.05, 0) is 38.5 Å². The van der Waals surface area contributed by atoms with Crippen LogP contribution in [0.15, 0.2) is 0 Å². The van der Waals surface area contributed by atoms with Gasteiger partial charge in [0.05, 0.1) is 6.61 Å². The van der Waals surface area contributed by atoms with Crippen LogP contribution in [0, 0.1) is 5.92 Å². The summed E-state index contributed by atoms with van der Waals surface area (Å²) < 4.78 is 5.33. The predicted octanol–water partition coefficient (Wildman–Crippen LogP) is 2.33. The van der Waals surface area contributed by atoms with Gasteiger partial charge in [0.25, 0.3) is 0 Å². The molecule has 1 aliphatic rings. The lowest BCUT2D eigenvalue weighted by molar-refractivity contribution is 0.309. The van der Waals surface area contributed by atoms with E-state index in [0.29, 0.717) is 30.6 Å². The average Bonchev–Trinajstić information content (AvgIpc) is 2.49. The van der Waals surface area contributed by atoms with E-state index in [1.807, 2.05) is 6.92 Å². The second-order valence-electron chi connectivity index (χ2n) is 5.49. The summed E-state index contributed by atoms with van der Waals surface area (Å²) in [5.41, 5.74) is 2.44. The zero-order valence-electron chi connectivity index (χ0n) is 12.9. The van der Waals surface area contributed by atoms with Crippen molar-refractivity contribution in [2.75, 3.05) is 17.3 Å². The van der Waals surface area contributed by atoms with Crippen LogP contribution in [0.1, 0.15) is 52.4 Å². The lowest BCUT2D eigenvalue weighted by atomic mass is 9.83. The number of nitrogen functional groups attached to an aromatic ring is 1. The van der Waals surface area contributed by atoms with E-state index < -0.39 is 0 Å². The molecule has 7 nitrogen and oxygen atoms in total. The number of nitrogens with two attached hydrogens (primary N) is 1. The summed E-state index contributed by atoms with van der Waals surface area (Å²) in [7, 11) is 0. The molecule has 0 aromatic carbocycles. The first kappa shape index (κ1) is 15.8. The average molecular weight is 294 g/mol. The third kappa shape index (κ3) is 4.70. The topological polar surface area (TPSA) is 98.0 Å². The lowest BCUT2D eigenvalue weighted by Gasteiger charge is -2.28. The van der Waals surface area contributed by atoms with Crippen molar-refractivity contribution in [2.45, 2.75) is 58.4 Å². The van der Waals surface area contributed by atoms with Gasteiger partial charge in [0, 0.05) is 6.04 Å². The predicted molar refractivity (Wildman–Crippen MR) is 83.1 cm³/mol. The Morgan fingerprint density at radius 1 is 1.10 bits per heavy atom. The highest BCUT2D eigenvalue weighted by Gasteiger charge is 2.21. The van der Waals surface area contributed by atoms with Crippen LogP contribution in [0.3, 0.4) is 0 Å². The fourth-order valence-corrected chi connectivity index (χ4v) is 2.87. The smallest absolute Gasteiger partial charge is 0.323 e. The summed E-state index contributed by atoms with van der Waals surface area (Å²) >= 11 is 0. The van der Waals surface area contributed by atoms with Crippen molar-refractivity contribution in [1.82, 2.24) is 15.0 Å². The summed E-state index contributed by atoms with van der Waals surface area (Å²) in [4.78, 5) is 12.6. The number of rotatable bonds is 7. The van der Waals surface area contributed by atoms with Crippen molar-refractivity contribution in [2.24, 2.45) is 11.8 Å². The van der Waals surface area contributed by atoms with Gasteiger partial charge in [0.2, 0.25) is 11.9 Å². The standard InChI is InChI=1S/C14H26N6O/c1-3-5-10-6-8-11(9-7-10)16-12-17-13(20-15)19-14(18-12)21-4-2/h10-11H,3-9,15H2,1-2H3,(H2,16,17,18,19,20). The van der Waals surface area contributed by atoms with Gasteiger partial charge >= 0.3 is 6.01 Å². The molecule has 1 saturated carbocycles. The molecule has 7 heteroatoms. The van der Waals surface area contributed by atoms with E-state index in [-0.39, 0.29) is 0 Å². The molecule has 0 amide bonds. The molecule has 2 rings (SSSR count). The largest absolute Gasteiger partial charge is 0.464 e. The second-order valence-corrected chi connectivity index (χ2v) is 5.49. The second kappa shape index (κ2) is 7.97. The molecule has 4 N–H and O–H groups in total. The molecular formula is C14H26N6O. The van der Waals surface area contributed by atoms with Crippen LogP contribution >= 0.6 is 0 Å². The quantitative estimate of drug-likeness (QED) is 0.524. The summed E-state index contributed by atoms with van der Waals surface area (Å²) in [6, 6.07) is 0.711. The molecular weight excluding hydrogens is 268 g/mol. The molecule has 21 heavy (non-hydrogen) atoms. The number of hydrogen-bond acceptors (Lipinski definition) is 7. The van der Waals surface area contributed by atoms with Gasteiger partial charge in [0.15, 0.2) is 0 Å². The van der Waals surface area contributed by atoms with E-state index >= 15 is 0 Å². The molecule has 0 aliphatic heterocycles. The lowest BCUT2D eigenvalue weighted by Crippen LogP contribution is -2.27. The number of ether oxygens (including phenoxy) is 1. The highest BCUT2D eigenvalue weighted by atomic mass is 16.5. The first-order valence-electron chi connectivity index (χ1n) is 7.87. The van der Waals surface area contributed by atoms with Gasteiger partial charge in [0.1, 0.15) is 0 Å². The number of anilines is 2. The fraction of sp³-hybridized carbons (Fsp3) is 0.786. The molecule has 0 radical (unpaired) electrons. The van der Waals surface area contributed by atoms with Crippen LogP contribution in [0.2, 0.25) is 0 Å². The highest BCUT2D eigenvalue weighted by molar-refractivity contribution is 5.35. The molecule has 1 heterocycles. The maximum atomic E-state index is 5.38. The number of aromatic nitrogens is 3. The highest BCUT2D eigenvalue weighted by Crippen LogP contribution is 2.29. The van der Waals surface area contributed by atoms with Crippen molar-refractivity contribution in [1.29, 1.82) is 0 Å². The monoisotopic (exact) mass is 294 g/mol. The maximum Gasteiger partial charge on any atom is 0.323 e. The Hall–Kier alpha value is -1.63. The number of hydrogen-bond donors (Lipinski definition) is 3. The van der Waals surface area contributed by atoms with E-state index in [9.17, 15) is 0 Å². The van der Waals surface area contributed by atoms with Gasteiger partial charge in [-0.15, -0.1) is 0 Å². The third-order valence-electron chi connectivity index (χ3n) is 3.89. The van der Waals surface area contributed by atoms with Crippen molar-refractivity contribution >= 4 is 11.9 Å². The SMILES string of the molecule is CCCC1CCC(Nc2nc(NN)nc(OCC)n2)CC1. The van der Waals surface area contributed by atoms with Crippen LogP contribution in [-0.4, -0.2) is 27.6 Å². The Morgan fingerprint density at radius 3 is 2.43 bits per heavy atom. The minimum absolute atomic E-state index is 0.294. The van der Waals surface area contributed by atoms with Gasteiger partial charge in [-0.2, -0.15) is 15.0 Å². The zero-order valence-corrected chi connectivity index (χ0v) is 12.9. The van der Waals surface area contributed by atoms with E-state index in [0.717, 1.165) is 18.8 Å². The van der Waals surface area contributed by atoms with Crippen molar-refractivity contribution < 1.29 is 4.74 Å². The summed E-state index contributed by atoms with van der Waals surface area (Å²) in [6.45, 7) is 4.66. The minimum Gasteiger partial charge on any atom is -0.464 e. The van der Waals surface area contributed by atoms with E-state index in [4.69, 9.17) is 10.6 Å². The summed E-state index contributed by atoms with van der Waals surface area (Å²) in [5.74, 6) is 7.11. The van der Waals surface area contributed by atoms with E-state index in [2.05, 4.69) is 32.6 Å². The zero-order chi connectivity index (χ0) is 15.1. The molecule has 0 unspecified atom stereocenters. The van der Waals surface area contributed by atoms with Crippen molar-refractivity contribution in [3.05, 3.63) is 0 Å². The molecule has 0 atom stereocenters. The maximum absolute atomic E-state index is 5.38.